The summed E-state index contributed by atoms with van der Waals surface area (Å²) in [6, 6.07) is 0.0673. The minimum atomic E-state index is 0.0673. The molecule has 0 aromatic heterocycles. The molecule has 0 aliphatic carbocycles. The average Bonchev–Trinajstić information content (AvgIpc) is 2.65. The Morgan fingerprint density at radius 1 is 1.69 bits per heavy atom. The number of aliphatic hydroxyl groups excluding tert-OH is 1. The Morgan fingerprint density at radius 3 is 3.08 bits per heavy atom. The van der Waals surface area contributed by atoms with Gasteiger partial charge in [-0.05, 0) is 12.8 Å². The van der Waals surface area contributed by atoms with Crippen molar-refractivity contribution in [3.8, 4) is 0 Å². The lowest BCUT2D eigenvalue weighted by atomic mass is 10.1. The highest BCUT2D eigenvalue weighted by molar-refractivity contribution is 4.79. The standard InChI is InChI=1S/C9H19NO3/c1-12-6-4-10-8(7-11)9-3-2-5-13-9/h8-11H,2-7H2,1H3. The van der Waals surface area contributed by atoms with Gasteiger partial charge in [-0.15, -0.1) is 0 Å². The fraction of sp³-hybridized carbons (Fsp3) is 1.00. The van der Waals surface area contributed by atoms with Crippen LogP contribution in [0.5, 0.6) is 0 Å². The summed E-state index contributed by atoms with van der Waals surface area (Å²) in [5.41, 5.74) is 0. The van der Waals surface area contributed by atoms with E-state index in [2.05, 4.69) is 5.32 Å². The van der Waals surface area contributed by atoms with Crippen LogP contribution in [-0.4, -0.2) is 50.7 Å². The van der Waals surface area contributed by atoms with Crippen LogP contribution in [0.1, 0.15) is 12.8 Å². The summed E-state index contributed by atoms with van der Waals surface area (Å²) in [5.74, 6) is 0. The fourth-order valence-corrected chi connectivity index (χ4v) is 1.58. The Bertz CT molecular complexity index is 126. The largest absolute Gasteiger partial charge is 0.395 e. The number of hydrogen-bond acceptors (Lipinski definition) is 4. The fourth-order valence-electron chi connectivity index (χ4n) is 1.58. The van der Waals surface area contributed by atoms with Crippen LogP contribution in [0.25, 0.3) is 0 Å². The van der Waals surface area contributed by atoms with Crippen molar-refractivity contribution in [1.82, 2.24) is 5.32 Å². The Balaban J connectivity index is 2.16. The molecule has 0 radical (unpaired) electrons. The Kier molecular flexibility index (Phi) is 5.31. The summed E-state index contributed by atoms with van der Waals surface area (Å²) in [7, 11) is 1.67. The van der Waals surface area contributed by atoms with Crippen molar-refractivity contribution in [2.24, 2.45) is 0 Å². The van der Waals surface area contributed by atoms with Gasteiger partial charge in [0, 0.05) is 20.3 Å². The zero-order valence-electron chi connectivity index (χ0n) is 8.16. The number of aliphatic hydroxyl groups is 1. The lowest BCUT2D eigenvalue weighted by Gasteiger charge is -2.21. The minimum absolute atomic E-state index is 0.0673. The normalized spacial score (nSPS) is 24.9. The molecule has 1 heterocycles. The van der Waals surface area contributed by atoms with E-state index >= 15 is 0 Å². The van der Waals surface area contributed by atoms with Crippen molar-refractivity contribution in [3.05, 3.63) is 0 Å². The molecule has 1 fully saturated rings. The van der Waals surface area contributed by atoms with Crippen LogP contribution in [-0.2, 0) is 9.47 Å². The van der Waals surface area contributed by atoms with E-state index in [1.165, 1.54) is 0 Å². The average molecular weight is 189 g/mol. The number of methoxy groups -OCH3 is 1. The lowest BCUT2D eigenvalue weighted by molar-refractivity contribution is 0.0527. The zero-order valence-corrected chi connectivity index (χ0v) is 8.16. The Hall–Kier alpha value is -0.160. The van der Waals surface area contributed by atoms with Gasteiger partial charge in [0.15, 0.2) is 0 Å². The zero-order chi connectivity index (χ0) is 9.52. The molecule has 0 spiro atoms. The van der Waals surface area contributed by atoms with E-state index in [9.17, 15) is 0 Å². The van der Waals surface area contributed by atoms with Gasteiger partial charge in [0.25, 0.3) is 0 Å². The maximum atomic E-state index is 9.10. The van der Waals surface area contributed by atoms with Crippen LogP contribution in [0, 0.1) is 0 Å². The summed E-state index contributed by atoms with van der Waals surface area (Å²) in [6.45, 7) is 2.40. The van der Waals surface area contributed by atoms with E-state index in [-0.39, 0.29) is 18.8 Å². The molecule has 0 bridgehead atoms. The van der Waals surface area contributed by atoms with Gasteiger partial charge >= 0.3 is 0 Å². The molecular weight excluding hydrogens is 170 g/mol. The molecule has 2 atom stereocenters. The van der Waals surface area contributed by atoms with Crippen molar-refractivity contribution in [2.75, 3.05) is 33.5 Å². The molecule has 0 aromatic carbocycles. The van der Waals surface area contributed by atoms with Crippen molar-refractivity contribution < 1.29 is 14.6 Å². The highest BCUT2D eigenvalue weighted by Gasteiger charge is 2.24. The van der Waals surface area contributed by atoms with Crippen molar-refractivity contribution in [2.45, 2.75) is 25.0 Å². The Labute approximate surface area is 79.2 Å². The molecule has 13 heavy (non-hydrogen) atoms. The van der Waals surface area contributed by atoms with Crippen LogP contribution < -0.4 is 5.32 Å². The molecule has 0 aromatic rings. The van der Waals surface area contributed by atoms with E-state index in [1.54, 1.807) is 7.11 Å². The number of hydrogen-bond donors (Lipinski definition) is 2. The lowest BCUT2D eigenvalue weighted by Crippen LogP contribution is -2.43. The number of nitrogens with one attached hydrogen (secondary N) is 1. The quantitative estimate of drug-likeness (QED) is 0.566. The molecule has 4 heteroatoms. The third-order valence-electron chi connectivity index (χ3n) is 2.32. The van der Waals surface area contributed by atoms with Crippen LogP contribution >= 0.6 is 0 Å². The molecule has 1 aliphatic rings. The monoisotopic (exact) mass is 189 g/mol. The number of rotatable bonds is 6. The second-order valence-electron chi connectivity index (χ2n) is 3.29. The van der Waals surface area contributed by atoms with Crippen LogP contribution in [0.4, 0.5) is 0 Å². The third-order valence-corrected chi connectivity index (χ3v) is 2.32. The first-order valence-electron chi connectivity index (χ1n) is 4.83. The summed E-state index contributed by atoms with van der Waals surface area (Å²) in [5, 5.41) is 12.3. The van der Waals surface area contributed by atoms with Gasteiger partial charge in [0.1, 0.15) is 0 Å². The Morgan fingerprint density at radius 2 is 2.54 bits per heavy atom. The molecule has 4 nitrogen and oxygen atoms in total. The molecule has 1 aliphatic heterocycles. The van der Waals surface area contributed by atoms with E-state index in [0.717, 1.165) is 26.0 Å². The first-order valence-corrected chi connectivity index (χ1v) is 4.83. The molecule has 78 valence electrons. The highest BCUT2D eigenvalue weighted by atomic mass is 16.5. The molecular formula is C9H19NO3. The summed E-state index contributed by atoms with van der Waals surface area (Å²) in [6.07, 6.45) is 2.33. The van der Waals surface area contributed by atoms with E-state index in [0.29, 0.717) is 6.61 Å². The molecule has 1 saturated heterocycles. The summed E-state index contributed by atoms with van der Waals surface area (Å²) >= 11 is 0. The summed E-state index contributed by atoms with van der Waals surface area (Å²) in [4.78, 5) is 0. The maximum Gasteiger partial charge on any atom is 0.0751 e. The SMILES string of the molecule is COCCNC(CO)C1CCCO1. The van der Waals surface area contributed by atoms with Crippen molar-refractivity contribution in [1.29, 1.82) is 0 Å². The first-order chi connectivity index (χ1) is 6.38. The van der Waals surface area contributed by atoms with Crippen LogP contribution in [0.3, 0.4) is 0 Å². The molecule has 0 saturated carbocycles. The second-order valence-corrected chi connectivity index (χ2v) is 3.29. The van der Waals surface area contributed by atoms with Crippen molar-refractivity contribution in [3.63, 3.8) is 0 Å². The topological polar surface area (TPSA) is 50.7 Å². The van der Waals surface area contributed by atoms with Crippen LogP contribution in [0.15, 0.2) is 0 Å². The van der Waals surface area contributed by atoms with E-state index in [4.69, 9.17) is 14.6 Å². The maximum absolute atomic E-state index is 9.10. The van der Waals surface area contributed by atoms with E-state index in [1.807, 2.05) is 0 Å². The summed E-state index contributed by atoms with van der Waals surface area (Å²) < 4.78 is 10.4. The second kappa shape index (κ2) is 6.32. The smallest absolute Gasteiger partial charge is 0.0751 e. The predicted octanol–water partition coefficient (Wildman–Crippen LogP) is -0.238. The first kappa shape index (κ1) is 10.9. The molecule has 0 amide bonds. The van der Waals surface area contributed by atoms with Crippen molar-refractivity contribution >= 4 is 0 Å². The van der Waals surface area contributed by atoms with E-state index < -0.39 is 0 Å². The van der Waals surface area contributed by atoms with Crippen LogP contribution in [0.2, 0.25) is 0 Å². The minimum Gasteiger partial charge on any atom is -0.395 e. The third kappa shape index (κ3) is 3.60. The molecule has 2 unspecified atom stereocenters. The van der Waals surface area contributed by atoms with Gasteiger partial charge in [-0.1, -0.05) is 0 Å². The predicted molar refractivity (Wildman–Crippen MR) is 49.7 cm³/mol. The highest BCUT2D eigenvalue weighted by Crippen LogP contribution is 2.15. The van der Waals surface area contributed by atoms with Gasteiger partial charge in [-0.25, -0.2) is 0 Å². The van der Waals surface area contributed by atoms with Gasteiger partial charge in [0.2, 0.25) is 0 Å². The van der Waals surface area contributed by atoms with Gasteiger partial charge < -0.3 is 19.9 Å². The number of ether oxygens (including phenoxy) is 2. The van der Waals surface area contributed by atoms with Gasteiger partial charge in [0.05, 0.1) is 25.4 Å². The van der Waals surface area contributed by atoms with Gasteiger partial charge in [-0.3, -0.25) is 0 Å². The molecule has 1 rings (SSSR count). The molecule has 2 N–H and O–H groups in total. The van der Waals surface area contributed by atoms with Gasteiger partial charge in [-0.2, -0.15) is 0 Å².